The molecule has 1 amide bonds. The average Bonchev–Trinajstić information content (AvgIpc) is 2.91. The highest BCUT2D eigenvalue weighted by atomic mass is 32.2. The Morgan fingerprint density at radius 3 is 2.38 bits per heavy atom. The monoisotopic (exact) mass is 631 g/mol. The highest BCUT2D eigenvalue weighted by molar-refractivity contribution is 7.92. The quantitative estimate of drug-likeness (QED) is 0.432. The first-order valence-electron chi connectivity index (χ1n) is 15.9. The van der Waals surface area contributed by atoms with Crippen molar-refractivity contribution in [2.75, 3.05) is 37.6 Å². The minimum absolute atomic E-state index is 0.0171. The molecule has 4 heterocycles. The summed E-state index contributed by atoms with van der Waals surface area (Å²) in [5.41, 5.74) is 4.15. The number of anilines is 1. The Labute approximate surface area is 265 Å². The van der Waals surface area contributed by atoms with Gasteiger partial charge in [-0.1, -0.05) is 38.1 Å². The van der Waals surface area contributed by atoms with Crippen molar-refractivity contribution in [2.24, 2.45) is 11.3 Å². The van der Waals surface area contributed by atoms with Crippen LogP contribution in [0.2, 0.25) is 0 Å². The van der Waals surface area contributed by atoms with Crippen molar-refractivity contribution in [1.82, 2.24) is 19.8 Å². The van der Waals surface area contributed by atoms with E-state index in [1.165, 1.54) is 12.1 Å². The third-order valence-corrected chi connectivity index (χ3v) is 11.1. The Bertz CT molecular complexity index is 1710. The number of aryl methyl sites for hydroxylation is 2. The zero-order chi connectivity index (χ0) is 31.5. The number of carbonyl (C=O) groups excluding carboxylic acids is 1. The van der Waals surface area contributed by atoms with Crippen molar-refractivity contribution in [2.45, 2.75) is 70.0 Å². The van der Waals surface area contributed by atoms with Gasteiger partial charge in [-0.15, -0.1) is 0 Å². The molecule has 10 nitrogen and oxygen atoms in total. The van der Waals surface area contributed by atoms with E-state index in [1.807, 2.05) is 36.9 Å². The van der Waals surface area contributed by atoms with E-state index in [0.717, 1.165) is 62.3 Å². The van der Waals surface area contributed by atoms with Gasteiger partial charge in [-0.05, 0) is 68.4 Å². The molecular weight excluding hydrogens is 590 g/mol. The number of likely N-dealkylation sites (tertiary alicyclic amines) is 1. The summed E-state index contributed by atoms with van der Waals surface area (Å²) in [6.07, 6.45) is 2.49. The number of ether oxygens (including phenoxy) is 2. The Morgan fingerprint density at radius 1 is 1.00 bits per heavy atom. The molecule has 7 rings (SSSR count). The van der Waals surface area contributed by atoms with Gasteiger partial charge in [0.15, 0.2) is 0 Å². The largest absolute Gasteiger partial charge is 0.475 e. The zero-order valence-electron chi connectivity index (χ0n) is 26.3. The SMILES string of the molecule is Cc1cccc(C)c1-c1cc2nc(n1)NS(=O)(=O)c1cccc(c1)C(=O)N(C1CC(N3CC4(COC4)C3)C1)[C@H](CC(C)C)CO2. The number of sulfonamides is 1. The van der Waals surface area contributed by atoms with Crippen LogP contribution in [0.25, 0.3) is 11.3 Å². The number of aromatic nitrogens is 2. The Hall–Kier alpha value is -3.54. The van der Waals surface area contributed by atoms with Gasteiger partial charge < -0.3 is 14.4 Å². The maximum atomic E-state index is 14.4. The smallest absolute Gasteiger partial charge is 0.264 e. The topological polar surface area (TPSA) is 114 Å². The number of hydrogen-bond acceptors (Lipinski definition) is 8. The second-order valence-corrected chi connectivity index (χ2v) is 15.5. The van der Waals surface area contributed by atoms with E-state index in [2.05, 4.69) is 33.4 Å². The van der Waals surface area contributed by atoms with E-state index < -0.39 is 10.0 Å². The number of amides is 1. The van der Waals surface area contributed by atoms with Crippen molar-refractivity contribution >= 4 is 21.9 Å². The van der Waals surface area contributed by atoms with E-state index in [9.17, 15) is 13.2 Å². The van der Waals surface area contributed by atoms with Gasteiger partial charge in [0, 0.05) is 47.8 Å². The van der Waals surface area contributed by atoms with Crippen LogP contribution in [0.15, 0.2) is 53.4 Å². The molecule has 2 saturated heterocycles. The average molecular weight is 632 g/mol. The van der Waals surface area contributed by atoms with Gasteiger partial charge in [0.2, 0.25) is 11.8 Å². The predicted octanol–water partition coefficient (Wildman–Crippen LogP) is 4.67. The first-order chi connectivity index (χ1) is 21.5. The summed E-state index contributed by atoms with van der Waals surface area (Å²) in [6, 6.07) is 14.2. The molecule has 11 heteroatoms. The Morgan fingerprint density at radius 2 is 1.71 bits per heavy atom. The molecule has 1 saturated carbocycles. The van der Waals surface area contributed by atoms with Gasteiger partial charge in [0.1, 0.15) is 6.61 Å². The molecule has 238 valence electrons. The molecule has 3 aromatic rings. The predicted molar refractivity (Wildman–Crippen MR) is 171 cm³/mol. The first-order valence-corrected chi connectivity index (χ1v) is 17.3. The Kier molecular flexibility index (Phi) is 7.61. The van der Waals surface area contributed by atoms with Crippen molar-refractivity contribution in [3.63, 3.8) is 0 Å². The van der Waals surface area contributed by atoms with Crippen LogP contribution >= 0.6 is 0 Å². The molecule has 1 aliphatic carbocycles. The molecule has 1 atom stereocenters. The number of nitrogens with zero attached hydrogens (tertiary/aromatic N) is 4. The molecule has 3 aliphatic heterocycles. The van der Waals surface area contributed by atoms with Crippen LogP contribution in [-0.4, -0.2) is 85.1 Å². The first kappa shape index (κ1) is 30.1. The maximum Gasteiger partial charge on any atom is 0.264 e. The summed E-state index contributed by atoms with van der Waals surface area (Å²) in [5.74, 6) is 0.302. The maximum absolute atomic E-state index is 14.4. The normalized spacial score (nSPS) is 25.5. The van der Waals surface area contributed by atoms with Gasteiger partial charge in [0.05, 0.1) is 29.8 Å². The lowest BCUT2D eigenvalue weighted by molar-refractivity contribution is -0.207. The van der Waals surface area contributed by atoms with Gasteiger partial charge in [-0.2, -0.15) is 4.98 Å². The van der Waals surface area contributed by atoms with Gasteiger partial charge in [-0.25, -0.2) is 18.1 Å². The van der Waals surface area contributed by atoms with Gasteiger partial charge in [0.25, 0.3) is 15.9 Å². The molecule has 0 radical (unpaired) electrons. The highest BCUT2D eigenvalue weighted by Crippen LogP contribution is 2.44. The van der Waals surface area contributed by atoms with E-state index in [-0.39, 0.29) is 41.3 Å². The van der Waals surface area contributed by atoms with Crippen molar-refractivity contribution in [3.05, 3.63) is 65.2 Å². The third kappa shape index (κ3) is 5.70. The number of rotatable bonds is 5. The second-order valence-electron chi connectivity index (χ2n) is 13.8. The molecule has 45 heavy (non-hydrogen) atoms. The van der Waals surface area contributed by atoms with E-state index in [1.54, 1.807) is 18.2 Å². The molecule has 4 bridgehead atoms. The van der Waals surface area contributed by atoms with Crippen molar-refractivity contribution in [3.8, 4) is 17.1 Å². The number of nitrogens with one attached hydrogen (secondary N) is 1. The zero-order valence-corrected chi connectivity index (χ0v) is 27.1. The van der Waals surface area contributed by atoms with E-state index >= 15 is 0 Å². The fourth-order valence-corrected chi connectivity index (χ4v) is 8.35. The fraction of sp³-hybridized carbons (Fsp3) is 0.500. The molecule has 3 fully saturated rings. The summed E-state index contributed by atoms with van der Waals surface area (Å²) in [4.78, 5) is 28.0. The van der Waals surface area contributed by atoms with Crippen molar-refractivity contribution < 1.29 is 22.7 Å². The number of benzene rings is 2. The van der Waals surface area contributed by atoms with Gasteiger partial charge >= 0.3 is 0 Å². The number of carbonyl (C=O) groups is 1. The van der Waals surface area contributed by atoms with E-state index in [4.69, 9.17) is 9.47 Å². The fourth-order valence-electron chi connectivity index (χ4n) is 7.36. The number of hydrogen-bond donors (Lipinski definition) is 1. The van der Waals surface area contributed by atoms with Crippen LogP contribution in [-0.2, 0) is 14.8 Å². The second kappa shape index (κ2) is 11.4. The third-order valence-electron chi connectivity index (χ3n) is 9.74. The van der Waals surface area contributed by atoms with Crippen molar-refractivity contribution in [1.29, 1.82) is 0 Å². The van der Waals surface area contributed by atoms with Crippen LogP contribution in [0.1, 0.15) is 54.6 Å². The summed E-state index contributed by atoms with van der Waals surface area (Å²) >= 11 is 0. The lowest BCUT2D eigenvalue weighted by Gasteiger charge is -2.61. The van der Waals surface area contributed by atoms with Crippen LogP contribution in [0.4, 0.5) is 5.95 Å². The molecule has 4 aliphatic rings. The Balaban J connectivity index is 1.26. The summed E-state index contributed by atoms with van der Waals surface area (Å²) in [6.45, 7) is 12.3. The molecule has 2 aromatic carbocycles. The van der Waals surface area contributed by atoms with Crippen LogP contribution < -0.4 is 9.46 Å². The molecule has 1 aromatic heterocycles. The highest BCUT2D eigenvalue weighted by Gasteiger charge is 2.53. The van der Waals surface area contributed by atoms with Crippen LogP contribution in [0.5, 0.6) is 5.88 Å². The summed E-state index contributed by atoms with van der Waals surface area (Å²) in [7, 11) is -4.11. The van der Waals surface area contributed by atoms with Gasteiger partial charge in [-0.3, -0.25) is 9.69 Å². The standard InChI is InChI=1S/C34H41N5O5S/c1-21(2)11-27-16-44-30-15-29(31-22(3)7-5-8-23(31)4)35-33(36-30)37-45(41,42)28-10-6-9-24(12-28)32(40)39(27)26-13-25(14-26)38-17-34(18-38)19-43-20-34/h5-10,12,15,21,25-27H,11,13-14,16-20H2,1-4H3,(H,35,36,37)/t25?,26?,27-/m1/s1. The molecule has 0 unspecified atom stereocenters. The lowest BCUT2D eigenvalue weighted by Crippen LogP contribution is -2.71. The molecular formula is C34H41N5O5S. The lowest BCUT2D eigenvalue weighted by atomic mass is 9.73. The van der Waals surface area contributed by atoms with Crippen LogP contribution in [0, 0.1) is 25.2 Å². The van der Waals surface area contributed by atoms with E-state index in [0.29, 0.717) is 28.6 Å². The summed E-state index contributed by atoms with van der Waals surface area (Å²) < 4.78 is 41.6. The summed E-state index contributed by atoms with van der Waals surface area (Å²) in [5, 5.41) is 0. The minimum Gasteiger partial charge on any atom is -0.475 e. The molecule has 1 N–H and O–H groups in total. The minimum atomic E-state index is -4.11. The van der Waals surface area contributed by atoms with Crippen LogP contribution in [0.3, 0.4) is 0 Å². The number of fused-ring (bicyclic) bond motifs is 4. The molecule has 1 spiro atoms.